The van der Waals surface area contributed by atoms with Crippen molar-refractivity contribution in [2.75, 3.05) is 0 Å². The number of nitrogens with zero attached hydrogens (tertiary/aromatic N) is 1. The lowest BCUT2D eigenvalue weighted by atomic mass is 10.1. The van der Waals surface area contributed by atoms with Crippen molar-refractivity contribution in [2.45, 2.75) is 13.1 Å². The second-order valence-corrected chi connectivity index (χ2v) is 4.83. The van der Waals surface area contributed by atoms with Crippen molar-refractivity contribution in [3.63, 3.8) is 0 Å². The van der Waals surface area contributed by atoms with Crippen molar-refractivity contribution in [3.05, 3.63) is 51.6 Å². The molecule has 100 valence electrons. The molecule has 0 spiro atoms. The number of aromatic nitrogens is 1. The first-order valence-corrected chi connectivity index (χ1v) is 6.04. The smallest absolute Gasteiger partial charge is 0.254 e. The fourth-order valence-corrected chi connectivity index (χ4v) is 1.99. The molecule has 2 aromatic rings. The zero-order valence-corrected chi connectivity index (χ0v) is 11.2. The Hall–Kier alpha value is -1.26. The molecule has 0 saturated carbocycles. The van der Waals surface area contributed by atoms with E-state index in [0.29, 0.717) is 16.3 Å². The number of aryl methyl sites for hydroxylation is 1. The Morgan fingerprint density at radius 3 is 2.26 bits per heavy atom. The van der Waals surface area contributed by atoms with Gasteiger partial charge in [-0.2, -0.15) is 13.2 Å². The predicted octanol–water partition coefficient (Wildman–Crippen LogP) is 5.38. The Morgan fingerprint density at radius 1 is 1.05 bits per heavy atom. The minimum absolute atomic E-state index is 0.0449. The van der Waals surface area contributed by atoms with E-state index < -0.39 is 11.7 Å². The highest BCUT2D eigenvalue weighted by Crippen LogP contribution is 2.34. The average Bonchev–Trinajstić information content (AvgIpc) is 2.31. The van der Waals surface area contributed by atoms with Gasteiger partial charge < -0.3 is 0 Å². The molecule has 1 nitrogen and oxygen atoms in total. The van der Waals surface area contributed by atoms with E-state index in [0.717, 1.165) is 17.8 Å². The van der Waals surface area contributed by atoms with E-state index in [1.54, 1.807) is 25.1 Å². The quantitative estimate of drug-likeness (QED) is 0.689. The van der Waals surface area contributed by atoms with Gasteiger partial charge in [0.25, 0.3) is 0 Å². The monoisotopic (exact) mass is 305 g/mol. The molecule has 0 N–H and O–H groups in total. The van der Waals surface area contributed by atoms with E-state index in [-0.39, 0.29) is 5.02 Å². The standard InChI is InChI=1S/C13H8Cl2F3N/c1-7-4-8(2-3-10(7)14)12-11(15)5-9(6-19-12)13(16,17)18/h2-6H,1H3. The molecular formula is C13H8Cl2F3N. The zero-order chi connectivity index (χ0) is 14.2. The third-order valence-corrected chi connectivity index (χ3v) is 3.31. The average molecular weight is 306 g/mol. The Morgan fingerprint density at radius 2 is 1.74 bits per heavy atom. The maximum Gasteiger partial charge on any atom is 0.417 e. The Balaban J connectivity index is 2.49. The largest absolute Gasteiger partial charge is 0.417 e. The van der Waals surface area contributed by atoms with Crippen LogP contribution in [0.3, 0.4) is 0 Å². The molecule has 0 radical (unpaired) electrons. The van der Waals surface area contributed by atoms with Crippen molar-refractivity contribution in [1.29, 1.82) is 0 Å². The van der Waals surface area contributed by atoms with E-state index in [2.05, 4.69) is 4.98 Å². The molecule has 6 heteroatoms. The van der Waals surface area contributed by atoms with Crippen LogP contribution in [-0.2, 0) is 6.18 Å². The molecule has 0 aliphatic rings. The number of alkyl halides is 3. The van der Waals surface area contributed by atoms with Crippen molar-refractivity contribution in [1.82, 2.24) is 4.98 Å². The molecule has 0 aliphatic carbocycles. The molecule has 0 aliphatic heterocycles. The fourth-order valence-electron chi connectivity index (χ4n) is 1.60. The van der Waals surface area contributed by atoms with E-state index >= 15 is 0 Å². The van der Waals surface area contributed by atoms with E-state index in [1.165, 1.54) is 0 Å². The van der Waals surface area contributed by atoms with E-state index in [1.807, 2.05) is 0 Å². The first kappa shape index (κ1) is 14.2. The molecule has 1 aromatic heterocycles. The van der Waals surface area contributed by atoms with Crippen LogP contribution in [-0.4, -0.2) is 4.98 Å². The van der Waals surface area contributed by atoms with Gasteiger partial charge in [-0.3, -0.25) is 4.98 Å². The first-order chi connectivity index (χ1) is 8.79. The molecule has 0 atom stereocenters. The van der Waals surface area contributed by atoms with Crippen LogP contribution in [0.1, 0.15) is 11.1 Å². The van der Waals surface area contributed by atoms with Crippen LogP contribution < -0.4 is 0 Å². The van der Waals surface area contributed by atoms with Crippen molar-refractivity contribution >= 4 is 23.2 Å². The summed E-state index contributed by atoms with van der Waals surface area (Å²) in [6.45, 7) is 1.80. The van der Waals surface area contributed by atoms with Gasteiger partial charge in [-0.1, -0.05) is 29.3 Å². The summed E-state index contributed by atoms with van der Waals surface area (Å²) in [7, 11) is 0. The van der Waals surface area contributed by atoms with Crippen molar-refractivity contribution < 1.29 is 13.2 Å². The number of hydrogen-bond acceptors (Lipinski definition) is 1. The summed E-state index contributed by atoms with van der Waals surface area (Å²) in [6.07, 6.45) is -3.68. The molecule has 19 heavy (non-hydrogen) atoms. The molecule has 1 heterocycles. The number of pyridine rings is 1. The minimum Gasteiger partial charge on any atom is -0.254 e. The summed E-state index contributed by atoms with van der Waals surface area (Å²) >= 11 is 11.8. The van der Waals surface area contributed by atoms with Gasteiger partial charge >= 0.3 is 6.18 Å². The lowest BCUT2D eigenvalue weighted by Crippen LogP contribution is -2.05. The molecule has 2 rings (SSSR count). The summed E-state index contributed by atoms with van der Waals surface area (Å²) in [4.78, 5) is 3.79. The van der Waals surface area contributed by atoms with Crippen LogP contribution in [0.15, 0.2) is 30.5 Å². The Bertz CT molecular complexity index is 624. The Labute approximate surface area is 118 Å². The molecule has 1 aromatic carbocycles. The normalized spacial score (nSPS) is 11.7. The zero-order valence-electron chi connectivity index (χ0n) is 9.72. The van der Waals surface area contributed by atoms with Crippen molar-refractivity contribution in [3.8, 4) is 11.3 Å². The molecular weight excluding hydrogens is 298 g/mol. The predicted molar refractivity (Wildman–Crippen MR) is 69.4 cm³/mol. The SMILES string of the molecule is Cc1cc(-c2ncc(C(F)(F)F)cc2Cl)ccc1Cl. The molecule has 0 unspecified atom stereocenters. The highest BCUT2D eigenvalue weighted by atomic mass is 35.5. The second-order valence-electron chi connectivity index (χ2n) is 4.02. The number of halogens is 5. The first-order valence-electron chi connectivity index (χ1n) is 5.28. The Kier molecular flexibility index (Phi) is 3.74. The summed E-state index contributed by atoms with van der Waals surface area (Å²) in [5, 5.41) is 0.531. The van der Waals surface area contributed by atoms with Gasteiger partial charge in [-0.05, 0) is 30.7 Å². The van der Waals surface area contributed by atoms with Gasteiger partial charge in [-0.15, -0.1) is 0 Å². The lowest BCUT2D eigenvalue weighted by molar-refractivity contribution is -0.137. The van der Waals surface area contributed by atoms with Gasteiger partial charge in [0.15, 0.2) is 0 Å². The summed E-state index contributed by atoms with van der Waals surface area (Å²) in [6, 6.07) is 5.91. The second kappa shape index (κ2) is 5.02. The minimum atomic E-state index is -4.45. The fraction of sp³-hybridized carbons (Fsp3) is 0.154. The lowest BCUT2D eigenvalue weighted by Gasteiger charge is -2.10. The van der Waals surface area contributed by atoms with Crippen LogP contribution in [0.25, 0.3) is 11.3 Å². The van der Waals surface area contributed by atoms with Gasteiger partial charge in [0.05, 0.1) is 16.3 Å². The summed E-state index contributed by atoms with van der Waals surface area (Å²) in [5.74, 6) is 0. The van der Waals surface area contributed by atoms with Crippen LogP contribution in [0.4, 0.5) is 13.2 Å². The number of hydrogen-bond donors (Lipinski definition) is 0. The van der Waals surface area contributed by atoms with Gasteiger partial charge in [0.2, 0.25) is 0 Å². The van der Waals surface area contributed by atoms with Crippen LogP contribution in [0, 0.1) is 6.92 Å². The van der Waals surface area contributed by atoms with E-state index in [9.17, 15) is 13.2 Å². The van der Waals surface area contributed by atoms with Gasteiger partial charge in [0.1, 0.15) is 0 Å². The summed E-state index contributed by atoms with van der Waals surface area (Å²) in [5.41, 5.74) is 0.860. The highest BCUT2D eigenvalue weighted by Gasteiger charge is 2.31. The number of rotatable bonds is 1. The van der Waals surface area contributed by atoms with Crippen molar-refractivity contribution in [2.24, 2.45) is 0 Å². The molecule has 0 amide bonds. The maximum absolute atomic E-state index is 12.5. The maximum atomic E-state index is 12.5. The topological polar surface area (TPSA) is 12.9 Å². The van der Waals surface area contributed by atoms with Crippen LogP contribution >= 0.6 is 23.2 Å². The van der Waals surface area contributed by atoms with Crippen LogP contribution in [0.2, 0.25) is 10.0 Å². The van der Waals surface area contributed by atoms with Crippen LogP contribution in [0.5, 0.6) is 0 Å². The van der Waals surface area contributed by atoms with E-state index in [4.69, 9.17) is 23.2 Å². The third kappa shape index (κ3) is 3.01. The highest BCUT2D eigenvalue weighted by molar-refractivity contribution is 6.33. The molecule has 0 saturated heterocycles. The third-order valence-electron chi connectivity index (χ3n) is 2.60. The number of benzene rings is 1. The van der Waals surface area contributed by atoms with Gasteiger partial charge in [0, 0.05) is 16.8 Å². The van der Waals surface area contributed by atoms with Gasteiger partial charge in [-0.25, -0.2) is 0 Å². The molecule has 0 fully saturated rings. The summed E-state index contributed by atoms with van der Waals surface area (Å²) < 4.78 is 37.5. The molecule has 0 bridgehead atoms.